The molecule has 0 radical (unpaired) electrons. The average Bonchev–Trinajstić information content (AvgIpc) is 2.98. The molecule has 20 heavy (non-hydrogen) atoms. The highest BCUT2D eigenvalue weighted by atomic mass is 16.5. The molecule has 2 aliphatic heterocycles. The van der Waals surface area contributed by atoms with Crippen molar-refractivity contribution in [3.63, 3.8) is 0 Å². The normalized spacial score (nSPS) is 21.2. The van der Waals surface area contributed by atoms with Gasteiger partial charge in [-0.2, -0.15) is 0 Å². The minimum atomic E-state index is 0.519. The van der Waals surface area contributed by atoms with Crippen molar-refractivity contribution in [2.75, 3.05) is 26.7 Å². The fourth-order valence-corrected chi connectivity index (χ4v) is 1.85. The minimum Gasteiger partial charge on any atom is -0.469 e. The second-order valence-corrected chi connectivity index (χ2v) is 6.27. The first kappa shape index (κ1) is 17.3. The Morgan fingerprint density at radius 1 is 1.20 bits per heavy atom. The maximum absolute atomic E-state index is 5.41. The molecule has 0 amide bonds. The number of hydrogen-bond acceptors (Lipinski definition) is 3. The third-order valence-corrected chi connectivity index (χ3v) is 3.49. The van der Waals surface area contributed by atoms with Gasteiger partial charge in [0.2, 0.25) is 0 Å². The Balaban J connectivity index is 0.000000158. The van der Waals surface area contributed by atoms with Gasteiger partial charge in [0.25, 0.3) is 0 Å². The average molecular weight is 281 g/mol. The Morgan fingerprint density at radius 3 is 2.05 bits per heavy atom. The monoisotopic (exact) mass is 281 g/mol. The van der Waals surface area contributed by atoms with Crippen molar-refractivity contribution in [1.82, 2.24) is 4.90 Å². The van der Waals surface area contributed by atoms with Crippen molar-refractivity contribution in [3.05, 3.63) is 24.2 Å². The zero-order valence-corrected chi connectivity index (χ0v) is 13.8. The molecule has 1 atom stereocenters. The molecule has 0 aliphatic carbocycles. The van der Waals surface area contributed by atoms with Crippen LogP contribution in [-0.2, 0) is 4.74 Å². The van der Waals surface area contributed by atoms with Crippen molar-refractivity contribution in [2.24, 2.45) is 5.92 Å². The molecule has 2 fully saturated rings. The van der Waals surface area contributed by atoms with Crippen LogP contribution in [0.25, 0.3) is 0 Å². The van der Waals surface area contributed by atoms with Crippen LogP contribution in [0.3, 0.4) is 0 Å². The van der Waals surface area contributed by atoms with Crippen molar-refractivity contribution in [2.45, 2.75) is 52.6 Å². The van der Waals surface area contributed by atoms with Crippen molar-refractivity contribution in [3.8, 4) is 0 Å². The second kappa shape index (κ2) is 9.19. The lowest BCUT2D eigenvalue weighted by Crippen LogP contribution is -2.12. The number of rotatable bonds is 2. The summed E-state index contributed by atoms with van der Waals surface area (Å²) in [5.41, 5.74) is 0. The molecule has 1 aromatic rings. The Bertz CT molecular complexity index is 323. The summed E-state index contributed by atoms with van der Waals surface area (Å²) >= 11 is 0. The first-order valence-corrected chi connectivity index (χ1v) is 7.84. The summed E-state index contributed by atoms with van der Waals surface area (Å²) in [5, 5.41) is 0. The van der Waals surface area contributed by atoms with Gasteiger partial charge < -0.3 is 14.1 Å². The summed E-state index contributed by atoms with van der Waals surface area (Å²) in [7, 11) is 2.11. The third kappa shape index (κ3) is 7.71. The lowest BCUT2D eigenvalue weighted by Gasteiger charge is -2.11. The molecule has 3 heterocycles. The molecule has 116 valence electrons. The van der Waals surface area contributed by atoms with Gasteiger partial charge in [-0.15, -0.1) is 0 Å². The largest absolute Gasteiger partial charge is 0.469 e. The SMILES string of the molecule is CC(C)C1CCCO1.CC(C)c1ccco1.CN1CC1. The lowest BCUT2D eigenvalue weighted by atomic mass is 10.1. The smallest absolute Gasteiger partial charge is 0.106 e. The molecule has 0 aromatic carbocycles. The second-order valence-electron chi connectivity index (χ2n) is 6.27. The van der Waals surface area contributed by atoms with Crippen molar-refractivity contribution < 1.29 is 9.15 Å². The van der Waals surface area contributed by atoms with Crippen LogP contribution in [0.1, 0.15) is 52.2 Å². The highest BCUT2D eigenvalue weighted by Crippen LogP contribution is 2.18. The molecule has 0 saturated carbocycles. The zero-order chi connectivity index (χ0) is 15.0. The van der Waals surface area contributed by atoms with Gasteiger partial charge in [0.1, 0.15) is 5.76 Å². The summed E-state index contributed by atoms with van der Waals surface area (Å²) < 4.78 is 10.5. The van der Waals surface area contributed by atoms with E-state index in [0.717, 1.165) is 18.3 Å². The van der Waals surface area contributed by atoms with Gasteiger partial charge in [-0.1, -0.05) is 27.7 Å². The first-order valence-electron chi connectivity index (χ1n) is 7.84. The summed E-state index contributed by atoms with van der Waals surface area (Å²) in [4.78, 5) is 2.25. The molecule has 0 N–H and O–H groups in total. The summed E-state index contributed by atoms with van der Waals surface area (Å²) in [6, 6.07) is 3.90. The Kier molecular flexibility index (Phi) is 7.93. The standard InChI is InChI=1S/C7H14O.C7H10O.C3H7N/c2*1-6(2)7-4-3-5-8-7;1-4-2-3-4/h6-7H,3-5H2,1-2H3;3-6H,1-2H3;2-3H2,1H3. The molecule has 3 nitrogen and oxygen atoms in total. The third-order valence-electron chi connectivity index (χ3n) is 3.49. The number of likely N-dealkylation sites (N-methyl/N-ethyl adjacent to an activating group) is 1. The van der Waals surface area contributed by atoms with Gasteiger partial charge in [-0.25, -0.2) is 0 Å². The van der Waals surface area contributed by atoms with Crippen LogP contribution in [0.5, 0.6) is 0 Å². The zero-order valence-electron chi connectivity index (χ0n) is 13.8. The maximum atomic E-state index is 5.41. The molecule has 1 aromatic heterocycles. The van der Waals surface area contributed by atoms with Gasteiger partial charge in [-0.3, -0.25) is 0 Å². The van der Waals surface area contributed by atoms with Gasteiger partial charge in [0, 0.05) is 25.6 Å². The maximum Gasteiger partial charge on any atom is 0.106 e. The quantitative estimate of drug-likeness (QED) is 0.761. The Hall–Kier alpha value is -0.800. The summed E-state index contributed by atoms with van der Waals surface area (Å²) in [6.45, 7) is 12.3. The molecule has 0 bridgehead atoms. The molecular formula is C17H31NO2. The van der Waals surface area contributed by atoms with Gasteiger partial charge in [0.15, 0.2) is 0 Å². The van der Waals surface area contributed by atoms with Crippen molar-refractivity contribution in [1.29, 1.82) is 0 Å². The van der Waals surface area contributed by atoms with E-state index in [2.05, 4.69) is 39.6 Å². The number of furan rings is 1. The summed E-state index contributed by atoms with van der Waals surface area (Å²) in [5.74, 6) is 2.30. The van der Waals surface area contributed by atoms with E-state index < -0.39 is 0 Å². The summed E-state index contributed by atoms with van der Waals surface area (Å²) in [6.07, 6.45) is 4.81. The van der Waals surface area contributed by atoms with E-state index in [1.54, 1.807) is 6.26 Å². The molecule has 3 rings (SSSR count). The van der Waals surface area contributed by atoms with Gasteiger partial charge >= 0.3 is 0 Å². The first-order chi connectivity index (χ1) is 9.50. The van der Waals surface area contributed by atoms with E-state index in [1.165, 1.54) is 25.9 Å². The molecule has 2 saturated heterocycles. The predicted molar refractivity (Wildman–Crippen MR) is 84.1 cm³/mol. The van der Waals surface area contributed by atoms with E-state index in [1.807, 2.05) is 12.1 Å². The molecular weight excluding hydrogens is 250 g/mol. The highest BCUT2D eigenvalue weighted by Gasteiger charge is 2.17. The molecule has 0 spiro atoms. The highest BCUT2D eigenvalue weighted by molar-refractivity contribution is 5.02. The minimum absolute atomic E-state index is 0.519. The van der Waals surface area contributed by atoms with E-state index in [9.17, 15) is 0 Å². The van der Waals surface area contributed by atoms with Crippen LogP contribution >= 0.6 is 0 Å². The molecule has 3 heteroatoms. The molecule has 1 unspecified atom stereocenters. The molecule has 2 aliphatic rings. The lowest BCUT2D eigenvalue weighted by molar-refractivity contribution is 0.0758. The van der Waals surface area contributed by atoms with E-state index in [0.29, 0.717) is 12.0 Å². The number of ether oxygens (including phenoxy) is 1. The van der Waals surface area contributed by atoms with Crippen LogP contribution in [0.15, 0.2) is 22.8 Å². The number of nitrogens with zero attached hydrogens (tertiary/aromatic N) is 1. The van der Waals surface area contributed by atoms with Crippen LogP contribution < -0.4 is 0 Å². The van der Waals surface area contributed by atoms with Crippen molar-refractivity contribution >= 4 is 0 Å². The van der Waals surface area contributed by atoms with Gasteiger partial charge in [0.05, 0.1) is 12.4 Å². The predicted octanol–water partition coefficient (Wildman–Crippen LogP) is 4.16. The van der Waals surface area contributed by atoms with E-state index in [4.69, 9.17) is 9.15 Å². The van der Waals surface area contributed by atoms with Crippen LogP contribution in [-0.4, -0.2) is 37.7 Å². The Morgan fingerprint density at radius 2 is 1.85 bits per heavy atom. The topological polar surface area (TPSA) is 25.4 Å². The fourth-order valence-electron chi connectivity index (χ4n) is 1.85. The van der Waals surface area contributed by atoms with Crippen LogP contribution in [0.4, 0.5) is 0 Å². The van der Waals surface area contributed by atoms with Crippen LogP contribution in [0, 0.1) is 5.92 Å². The van der Waals surface area contributed by atoms with E-state index in [-0.39, 0.29) is 0 Å². The Labute approximate surface area is 124 Å². The fraction of sp³-hybridized carbons (Fsp3) is 0.765. The van der Waals surface area contributed by atoms with Crippen LogP contribution in [0.2, 0.25) is 0 Å². The van der Waals surface area contributed by atoms with E-state index >= 15 is 0 Å². The number of hydrogen-bond donors (Lipinski definition) is 0. The van der Waals surface area contributed by atoms with Gasteiger partial charge in [-0.05, 0) is 37.9 Å².